The molecule has 5 nitrogen and oxygen atoms in total. The number of thiazole rings is 1. The van der Waals surface area contributed by atoms with E-state index in [0.29, 0.717) is 18.5 Å². The highest BCUT2D eigenvalue weighted by Crippen LogP contribution is 2.16. The number of rotatable bonds is 4. The number of carbonyl (C=O) groups is 1. The topological polar surface area (TPSA) is 80.9 Å². The molecule has 2 heterocycles. The number of aryl methyl sites for hydroxylation is 1. The van der Waals surface area contributed by atoms with Gasteiger partial charge in [0.15, 0.2) is 0 Å². The second kappa shape index (κ2) is 5.99. The molecule has 0 aliphatic carbocycles. The fourth-order valence-electron chi connectivity index (χ4n) is 1.52. The number of halogens is 1. The van der Waals surface area contributed by atoms with Crippen LogP contribution in [0.4, 0.5) is 5.82 Å². The summed E-state index contributed by atoms with van der Waals surface area (Å²) in [6, 6.07) is 1.46. The Kier molecular flexibility index (Phi) is 4.34. The second-order valence-corrected chi connectivity index (χ2v) is 5.33. The zero-order valence-electron chi connectivity index (χ0n) is 10.3. The minimum absolute atomic E-state index is 0.257. The molecule has 19 heavy (non-hydrogen) atoms. The molecule has 100 valence electrons. The van der Waals surface area contributed by atoms with Crippen LogP contribution in [0, 0.1) is 6.92 Å². The Bertz CT molecular complexity index is 599. The Balaban J connectivity index is 1.92. The predicted molar refractivity (Wildman–Crippen MR) is 76.5 cm³/mol. The first-order valence-corrected chi connectivity index (χ1v) is 6.92. The Morgan fingerprint density at radius 3 is 3.05 bits per heavy atom. The first-order chi connectivity index (χ1) is 9.06. The van der Waals surface area contributed by atoms with E-state index in [-0.39, 0.29) is 16.7 Å². The first-order valence-electron chi connectivity index (χ1n) is 5.66. The molecule has 0 spiro atoms. The molecular weight excluding hydrogens is 284 g/mol. The number of anilines is 1. The number of carbonyl (C=O) groups excluding carboxylic acids is 1. The number of pyridine rings is 1. The number of nitrogens with two attached hydrogens (primary N) is 1. The van der Waals surface area contributed by atoms with Crippen molar-refractivity contribution in [1.82, 2.24) is 15.3 Å². The maximum absolute atomic E-state index is 11.9. The van der Waals surface area contributed by atoms with E-state index in [1.807, 2.05) is 12.3 Å². The maximum Gasteiger partial charge on any atom is 0.253 e. The summed E-state index contributed by atoms with van der Waals surface area (Å²) in [6.45, 7) is 2.45. The van der Waals surface area contributed by atoms with Gasteiger partial charge >= 0.3 is 0 Å². The van der Waals surface area contributed by atoms with Crippen LogP contribution in [0.25, 0.3) is 0 Å². The molecule has 0 saturated carbocycles. The Hall–Kier alpha value is -1.66. The van der Waals surface area contributed by atoms with Crippen molar-refractivity contribution in [2.45, 2.75) is 13.3 Å². The van der Waals surface area contributed by atoms with E-state index in [2.05, 4.69) is 15.3 Å². The summed E-state index contributed by atoms with van der Waals surface area (Å²) in [5, 5.41) is 6.06. The quantitative estimate of drug-likeness (QED) is 0.905. The first kappa shape index (κ1) is 13.8. The van der Waals surface area contributed by atoms with Gasteiger partial charge in [-0.05, 0) is 13.0 Å². The molecule has 0 aliphatic heterocycles. The minimum atomic E-state index is -0.257. The lowest BCUT2D eigenvalue weighted by molar-refractivity contribution is 0.0954. The fourth-order valence-corrected chi connectivity index (χ4v) is 2.49. The number of nitrogen functional groups attached to an aromatic ring is 1. The highest BCUT2D eigenvalue weighted by Gasteiger charge is 2.11. The van der Waals surface area contributed by atoms with Gasteiger partial charge in [0.2, 0.25) is 0 Å². The molecule has 2 aromatic heterocycles. The van der Waals surface area contributed by atoms with Crippen LogP contribution in [0.3, 0.4) is 0 Å². The second-order valence-electron chi connectivity index (χ2n) is 3.98. The van der Waals surface area contributed by atoms with Gasteiger partial charge in [-0.15, -0.1) is 11.3 Å². The minimum Gasteiger partial charge on any atom is -0.384 e. The average Bonchev–Trinajstić information content (AvgIpc) is 2.78. The summed E-state index contributed by atoms with van der Waals surface area (Å²) in [6.07, 6.45) is 2.07. The summed E-state index contributed by atoms with van der Waals surface area (Å²) in [5.74, 6) is 0.0116. The standard InChI is InChI=1S/C12H13ClN4OS/c1-7-6-19-11(17-7)2-3-15-12(18)8-4-10(14)16-5-9(8)13/h4-6H,2-3H2,1H3,(H2,14,16)(H,15,18). The van der Waals surface area contributed by atoms with Crippen LogP contribution in [0.2, 0.25) is 5.02 Å². The third-order valence-corrected chi connectivity index (χ3v) is 3.74. The highest BCUT2D eigenvalue weighted by molar-refractivity contribution is 7.09. The van der Waals surface area contributed by atoms with Crippen molar-refractivity contribution < 1.29 is 4.79 Å². The Morgan fingerprint density at radius 2 is 2.37 bits per heavy atom. The molecule has 0 unspecified atom stereocenters. The Labute approximate surface area is 119 Å². The highest BCUT2D eigenvalue weighted by atomic mass is 35.5. The molecule has 2 rings (SSSR count). The molecule has 0 radical (unpaired) electrons. The number of amides is 1. The van der Waals surface area contributed by atoms with Crippen LogP contribution < -0.4 is 11.1 Å². The van der Waals surface area contributed by atoms with Gasteiger partial charge in [0.1, 0.15) is 5.82 Å². The van der Waals surface area contributed by atoms with Crippen molar-refractivity contribution >= 4 is 34.7 Å². The van der Waals surface area contributed by atoms with Crippen molar-refractivity contribution in [3.8, 4) is 0 Å². The number of hydrogen-bond donors (Lipinski definition) is 2. The van der Waals surface area contributed by atoms with Crippen molar-refractivity contribution in [2.24, 2.45) is 0 Å². The van der Waals surface area contributed by atoms with Crippen molar-refractivity contribution in [3.05, 3.63) is 38.9 Å². The number of hydrogen-bond acceptors (Lipinski definition) is 5. The molecular formula is C12H13ClN4OS. The van der Waals surface area contributed by atoms with Gasteiger partial charge in [-0.3, -0.25) is 4.79 Å². The zero-order chi connectivity index (χ0) is 13.8. The molecule has 3 N–H and O–H groups in total. The van der Waals surface area contributed by atoms with E-state index < -0.39 is 0 Å². The summed E-state index contributed by atoms with van der Waals surface area (Å²) >= 11 is 7.49. The van der Waals surface area contributed by atoms with Gasteiger partial charge in [0.05, 0.1) is 15.6 Å². The number of nitrogens with zero attached hydrogens (tertiary/aromatic N) is 2. The molecule has 0 saturated heterocycles. The lowest BCUT2D eigenvalue weighted by atomic mass is 10.2. The molecule has 0 aromatic carbocycles. The van der Waals surface area contributed by atoms with Gasteiger partial charge in [0.25, 0.3) is 5.91 Å². The van der Waals surface area contributed by atoms with Crippen LogP contribution >= 0.6 is 22.9 Å². The molecule has 0 aliphatic rings. The average molecular weight is 297 g/mol. The summed E-state index contributed by atoms with van der Waals surface area (Å²) in [5.41, 5.74) is 6.86. The molecule has 2 aromatic rings. The zero-order valence-corrected chi connectivity index (χ0v) is 11.9. The van der Waals surface area contributed by atoms with Gasteiger partial charge in [-0.2, -0.15) is 0 Å². The lowest BCUT2D eigenvalue weighted by Gasteiger charge is -2.06. The number of aromatic nitrogens is 2. The van der Waals surface area contributed by atoms with Gasteiger partial charge in [-0.25, -0.2) is 9.97 Å². The smallest absolute Gasteiger partial charge is 0.253 e. The van der Waals surface area contributed by atoms with Gasteiger partial charge < -0.3 is 11.1 Å². The largest absolute Gasteiger partial charge is 0.384 e. The molecule has 0 atom stereocenters. The van der Waals surface area contributed by atoms with Crippen LogP contribution in [-0.2, 0) is 6.42 Å². The van der Waals surface area contributed by atoms with Crippen LogP contribution in [0.15, 0.2) is 17.6 Å². The van der Waals surface area contributed by atoms with Gasteiger partial charge in [0, 0.05) is 30.2 Å². The van der Waals surface area contributed by atoms with Crippen molar-refractivity contribution in [1.29, 1.82) is 0 Å². The van der Waals surface area contributed by atoms with Crippen LogP contribution in [0.5, 0.6) is 0 Å². The lowest BCUT2D eigenvalue weighted by Crippen LogP contribution is -2.26. The normalized spacial score (nSPS) is 10.4. The third-order valence-electron chi connectivity index (χ3n) is 2.41. The molecule has 7 heteroatoms. The third kappa shape index (κ3) is 3.65. The Morgan fingerprint density at radius 1 is 1.58 bits per heavy atom. The van der Waals surface area contributed by atoms with E-state index in [1.165, 1.54) is 12.3 Å². The monoisotopic (exact) mass is 296 g/mol. The summed E-state index contributed by atoms with van der Waals surface area (Å²) in [7, 11) is 0. The molecule has 0 fully saturated rings. The van der Waals surface area contributed by atoms with Crippen LogP contribution in [0.1, 0.15) is 21.1 Å². The van der Waals surface area contributed by atoms with E-state index in [1.54, 1.807) is 11.3 Å². The van der Waals surface area contributed by atoms with Gasteiger partial charge in [-0.1, -0.05) is 11.6 Å². The molecule has 0 bridgehead atoms. The number of nitrogens with one attached hydrogen (secondary N) is 1. The maximum atomic E-state index is 11.9. The summed E-state index contributed by atoms with van der Waals surface area (Å²) < 4.78 is 0. The molecule has 1 amide bonds. The van der Waals surface area contributed by atoms with E-state index in [4.69, 9.17) is 17.3 Å². The van der Waals surface area contributed by atoms with E-state index in [0.717, 1.165) is 10.7 Å². The SMILES string of the molecule is Cc1csc(CCNC(=O)c2cc(N)ncc2Cl)n1. The van der Waals surface area contributed by atoms with Crippen molar-refractivity contribution in [2.75, 3.05) is 12.3 Å². The fraction of sp³-hybridized carbons (Fsp3) is 0.250. The van der Waals surface area contributed by atoms with Crippen molar-refractivity contribution in [3.63, 3.8) is 0 Å². The summed E-state index contributed by atoms with van der Waals surface area (Å²) in [4.78, 5) is 20.1. The van der Waals surface area contributed by atoms with E-state index >= 15 is 0 Å². The predicted octanol–water partition coefficient (Wildman–Crippen LogP) is 2.05. The van der Waals surface area contributed by atoms with E-state index in [9.17, 15) is 4.79 Å². The van der Waals surface area contributed by atoms with Crippen LogP contribution in [-0.4, -0.2) is 22.4 Å².